The lowest BCUT2D eigenvalue weighted by atomic mass is 9.87. The van der Waals surface area contributed by atoms with Crippen molar-refractivity contribution in [1.82, 2.24) is 9.97 Å². The smallest absolute Gasteiger partial charge is 0.240 e. The number of aromatic nitrogens is 2. The average molecular weight is 1560 g/mol. The van der Waals surface area contributed by atoms with E-state index in [9.17, 15) is 0 Å². The van der Waals surface area contributed by atoms with Crippen LogP contribution in [-0.4, -0.2) is 41.6 Å². The Kier molecular flexibility index (Phi) is 16.7. The van der Waals surface area contributed by atoms with Gasteiger partial charge in [0.05, 0.1) is 70.0 Å². The number of rotatable bonds is 12. The Morgan fingerprint density at radius 3 is 1.19 bits per heavy atom. The summed E-state index contributed by atoms with van der Waals surface area (Å²) in [6.45, 7) is 0. The number of nitrogens with zero attached hydrogens (tertiary/aromatic N) is 2. The summed E-state index contributed by atoms with van der Waals surface area (Å²) < 4.78 is 25.3. The van der Waals surface area contributed by atoms with Crippen LogP contribution in [0.1, 0.15) is 45.0 Å². The highest BCUT2D eigenvalue weighted by Crippen LogP contribution is 2.54. The molecular formula is C47H27Br9Cl4N4O3. The molecule has 0 saturated carbocycles. The molecule has 0 fully saturated rings. The first-order chi connectivity index (χ1) is 31.9. The maximum atomic E-state index is 6.90. The molecule has 0 radical (unpaired) electrons. The summed E-state index contributed by atoms with van der Waals surface area (Å²) in [7, 11) is 4.78. The molecule has 0 aliphatic carbocycles. The number of benzene rings is 4. The minimum Gasteiger partial charge on any atom is -0.361 e. The fourth-order valence-corrected chi connectivity index (χ4v) is 12.9. The number of ether oxygens (including phenoxy) is 3. The van der Waals surface area contributed by atoms with E-state index in [0.29, 0.717) is 103 Å². The molecule has 0 bridgehead atoms. The quantitative estimate of drug-likeness (QED) is 0.120. The maximum absolute atomic E-state index is 6.90. The third-order valence-electron chi connectivity index (χ3n) is 11.0. The number of aromatic amines is 2. The van der Waals surface area contributed by atoms with Gasteiger partial charge in [-0.05, 0) is 209 Å². The summed E-state index contributed by atoms with van der Waals surface area (Å²) in [5.41, 5.74) is 7.24. The molecule has 0 amide bonds. The first-order valence-corrected chi connectivity index (χ1v) is 27.9. The van der Waals surface area contributed by atoms with E-state index in [1.807, 2.05) is 84.9 Å². The highest BCUT2D eigenvalue weighted by molar-refractivity contribution is 9.21. The summed E-state index contributed by atoms with van der Waals surface area (Å²) in [6, 6.07) is 29.8. The van der Waals surface area contributed by atoms with Gasteiger partial charge in [-0.2, -0.15) is 0 Å². The van der Waals surface area contributed by atoms with Crippen molar-refractivity contribution < 1.29 is 14.2 Å². The molecule has 2 aromatic heterocycles. The second-order valence-electron chi connectivity index (χ2n) is 14.5. The van der Waals surface area contributed by atoms with Gasteiger partial charge in [-0.25, -0.2) is 9.98 Å². The zero-order valence-corrected chi connectivity index (χ0v) is 51.6. The second-order valence-corrected chi connectivity index (χ2v) is 23.4. The molecule has 2 aliphatic rings. The topological polar surface area (TPSA) is 84.0 Å². The van der Waals surface area contributed by atoms with E-state index in [2.05, 4.69) is 153 Å². The van der Waals surface area contributed by atoms with E-state index in [-0.39, 0.29) is 0 Å². The van der Waals surface area contributed by atoms with Gasteiger partial charge in [-0.1, -0.05) is 94.9 Å². The molecule has 4 heterocycles. The maximum Gasteiger partial charge on any atom is 0.240 e. The number of aliphatic imine (C=N–C) groups is 2. The first-order valence-electron chi connectivity index (χ1n) is 19.2. The van der Waals surface area contributed by atoms with Gasteiger partial charge in [-0.15, -0.1) is 0 Å². The van der Waals surface area contributed by atoms with Crippen molar-refractivity contribution >= 4 is 211 Å². The van der Waals surface area contributed by atoms with Crippen LogP contribution >= 0.6 is 190 Å². The minimum atomic E-state index is -1.44. The predicted molar refractivity (Wildman–Crippen MR) is 306 cm³/mol. The molecule has 2 aliphatic heterocycles. The monoisotopic (exact) mass is 1550 g/mol. The van der Waals surface area contributed by atoms with Crippen LogP contribution in [0, 0.1) is 0 Å². The summed E-state index contributed by atoms with van der Waals surface area (Å²) in [5.74, 6) is -1.44. The summed E-state index contributed by atoms with van der Waals surface area (Å²) >= 11 is 60.7. The Morgan fingerprint density at radius 1 is 0.448 bits per heavy atom. The normalized spacial score (nSPS) is 16.8. The fourth-order valence-electron chi connectivity index (χ4n) is 7.87. The van der Waals surface area contributed by atoms with Crippen molar-refractivity contribution in [1.29, 1.82) is 0 Å². The molecule has 0 spiro atoms. The van der Waals surface area contributed by atoms with Gasteiger partial charge in [0, 0.05) is 58.1 Å². The Balaban J connectivity index is 1.43. The molecule has 1 atom stereocenters. The van der Waals surface area contributed by atoms with Gasteiger partial charge in [0.25, 0.3) is 0 Å². The van der Waals surface area contributed by atoms with Crippen LogP contribution in [0.3, 0.4) is 0 Å². The Labute approximate surface area is 481 Å². The predicted octanol–water partition coefficient (Wildman–Crippen LogP) is 18.9. The number of nitrogens with one attached hydrogen (secondary N) is 2. The number of methoxy groups -OCH3 is 3. The standard InChI is InChI=1S/C47H27Br9Cl4N4O3/c1-65-46(22-8-16-26(59)17-9-22,43-35(53)31(49)39(62-43)29(21-6-14-25(58)15-7-21)41-33(51)37(55)45(56)64-41)42-34(52)30(48)38(61-42)28(20-4-12-24(57)13-5-20)40-32(50)36(54)44(63-40)47(66-2,67-3)23-10-18-27(60)19-11-23/h4-19,61-62H,1-3H3. The molecule has 67 heavy (non-hydrogen) atoms. The lowest BCUT2D eigenvalue weighted by Crippen LogP contribution is -2.39. The van der Waals surface area contributed by atoms with Gasteiger partial charge in [-0.3, -0.25) is 0 Å². The molecular weight excluding hydrogens is 1530 g/mol. The van der Waals surface area contributed by atoms with Crippen molar-refractivity contribution in [2.24, 2.45) is 9.98 Å². The summed E-state index contributed by atoms with van der Waals surface area (Å²) in [4.78, 5) is 17.9. The Bertz CT molecular complexity index is 3160. The number of halogens is 13. The number of hydrogen-bond acceptors (Lipinski definition) is 5. The van der Waals surface area contributed by atoms with E-state index in [1.165, 1.54) is 0 Å². The molecule has 4 aromatic carbocycles. The summed E-state index contributed by atoms with van der Waals surface area (Å²) in [5, 5.41) is 2.26. The average Bonchev–Trinajstić information content (AvgIpc) is 3.98. The Hall–Kier alpha value is -0.900. The zero-order chi connectivity index (χ0) is 48.3. The molecule has 7 nitrogen and oxygen atoms in total. The van der Waals surface area contributed by atoms with Gasteiger partial charge >= 0.3 is 0 Å². The van der Waals surface area contributed by atoms with Crippen molar-refractivity contribution in [3.8, 4) is 0 Å². The van der Waals surface area contributed by atoms with E-state index in [0.717, 1.165) is 31.2 Å². The molecule has 1 unspecified atom stereocenters. The van der Waals surface area contributed by atoms with Crippen LogP contribution in [0.4, 0.5) is 0 Å². The lowest BCUT2D eigenvalue weighted by molar-refractivity contribution is -0.160. The SMILES string of the molecule is COC(OC)(C1=NC(=C(c2ccc(Cl)cc2)c2[nH]c(C(OC)(c3ccc(Cl)cc3)c3[nH]c(C(=C4N=C(Br)C(Br)=C4Br)c4ccc(Cl)cc4)c(Br)c3Br)c(Br)c2Br)C(Br)=C1Br)c1ccc(Cl)cc1. The van der Waals surface area contributed by atoms with Crippen molar-refractivity contribution in [2.45, 2.75) is 11.4 Å². The molecule has 0 saturated heterocycles. The number of H-pyrrole nitrogens is 2. The molecule has 8 rings (SSSR count). The largest absolute Gasteiger partial charge is 0.361 e. The molecule has 2 N–H and O–H groups in total. The highest BCUT2D eigenvalue weighted by atomic mass is 79.9. The van der Waals surface area contributed by atoms with Gasteiger partial charge in [0.15, 0.2) is 5.60 Å². The van der Waals surface area contributed by atoms with Crippen molar-refractivity contribution in [3.05, 3.63) is 209 Å². The molecule has 344 valence electrons. The summed E-state index contributed by atoms with van der Waals surface area (Å²) in [6.07, 6.45) is 0. The molecule has 20 heteroatoms. The number of allylic oxidation sites excluding steroid dienone is 3. The minimum absolute atomic E-state index is 0.452. The van der Waals surface area contributed by atoms with Crippen LogP contribution in [0.5, 0.6) is 0 Å². The van der Waals surface area contributed by atoms with Crippen LogP contribution in [0.15, 0.2) is 154 Å². The highest BCUT2D eigenvalue weighted by Gasteiger charge is 2.47. The van der Waals surface area contributed by atoms with Crippen LogP contribution in [0.25, 0.3) is 11.1 Å². The van der Waals surface area contributed by atoms with Crippen LogP contribution in [0.2, 0.25) is 20.1 Å². The van der Waals surface area contributed by atoms with Crippen molar-refractivity contribution in [3.63, 3.8) is 0 Å². The molecule has 6 aromatic rings. The van der Waals surface area contributed by atoms with E-state index in [4.69, 9.17) is 70.6 Å². The lowest BCUT2D eigenvalue weighted by Gasteiger charge is -2.33. The van der Waals surface area contributed by atoms with E-state index in [1.54, 1.807) is 33.5 Å². The van der Waals surface area contributed by atoms with E-state index >= 15 is 0 Å². The third kappa shape index (κ3) is 9.40. The van der Waals surface area contributed by atoms with E-state index < -0.39 is 11.4 Å². The third-order valence-corrected chi connectivity index (χ3v) is 21.5. The van der Waals surface area contributed by atoms with Crippen LogP contribution < -0.4 is 0 Å². The van der Waals surface area contributed by atoms with Gasteiger partial charge < -0.3 is 24.2 Å². The second kappa shape index (κ2) is 21.3. The first kappa shape index (κ1) is 52.4. The van der Waals surface area contributed by atoms with Crippen molar-refractivity contribution in [2.75, 3.05) is 21.3 Å². The van der Waals surface area contributed by atoms with Crippen LogP contribution in [-0.2, 0) is 25.6 Å². The van der Waals surface area contributed by atoms with Gasteiger partial charge in [0.1, 0.15) is 10.3 Å². The fraction of sp³-hybridized carbons (Fsp3) is 0.106. The zero-order valence-electron chi connectivity index (χ0n) is 34.3. The Morgan fingerprint density at radius 2 is 0.821 bits per heavy atom. The van der Waals surface area contributed by atoms with Gasteiger partial charge in [0.2, 0.25) is 5.79 Å². The number of hydrogen-bond donors (Lipinski definition) is 2.